The second-order valence-corrected chi connectivity index (χ2v) is 4.51. The van der Waals surface area contributed by atoms with Crippen molar-refractivity contribution < 1.29 is 0 Å². The zero-order valence-corrected chi connectivity index (χ0v) is 10.2. The van der Waals surface area contributed by atoms with Gasteiger partial charge in [0.1, 0.15) is 5.52 Å². The molecule has 0 bridgehead atoms. The Labute approximate surface area is 109 Å². The van der Waals surface area contributed by atoms with Crippen LogP contribution < -0.4 is 0 Å². The summed E-state index contributed by atoms with van der Waals surface area (Å²) in [6.07, 6.45) is 2.01. The summed E-state index contributed by atoms with van der Waals surface area (Å²) in [5.74, 6) is 0. The number of hydrogen-bond donors (Lipinski definition) is 1. The molecular weight excluding hydrogens is 234 g/mol. The number of H-pyrrole nitrogens is 1. The summed E-state index contributed by atoms with van der Waals surface area (Å²) in [5, 5.41) is 10.9. The SMILES string of the molecule is c1ccc(-c2[nH]cc3c2nnc2ccccc23)cc1. The molecule has 2 heterocycles. The first-order valence-electron chi connectivity index (χ1n) is 6.21. The lowest BCUT2D eigenvalue weighted by atomic mass is 10.1. The molecule has 4 aromatic rings. The molecule has 0 fully saturated rings. The number of aromatic nitrogens is 3. The van der Waals surface area contributed by atoms with E-state index in [1.807, 2.05) is 42.6 Å². The monoisotopic (exact) mass is 245 g/mol. The van der Waals surface area contributed by atoms with E-state index in [1.54, 1.807) is 0 Å². The predicted octanol–water partition coefficient (Wildman–Crippen LogP) is 3.78. The van der Waals surface area contributed by atoms with Crippen molar-refractivity contribution >= 4 is 21.8 Å². The molecule has 0 aliphatic rings. The number of aromatic amines is 1. The lowest BCUT2D eigenvalue weighted by molar-refractivity contribution is 1.12. The fraction of sp³-hybridized carbons (Fsp3) is 0. The molecule has 4 rings (SSSR count). The summed E-state index contributed by atoms with van der Waals surface area (Å²) in [6, 6.07) is 18.3. The Balaban J connectivity index is 2.08. The molecule has 90 valence electrons. The molecule has 0 saturated carbocycles. The van der Waals surface area contributed by atoms with Gasteiger partial charge in [-0.05, 0) is 6.07 Å². The Kier molecular flexibility index (Phi) is 2.12. The molecule has 3 heteroatoms. The van der Waals surface area contributed by atoms with E-state index >= 15 is 0 Å². The highest BCUT2D eigenvalue weighted by Crippen LogP contribution is 2.29. The standard InChI is InChI=1S/C16H11N3/c1-2-6-11(7-3-1)15-16-13(10-17-15)12-8-4-5-9-14(12)18-19-16/h1-10,17H. The maximum Gasteiger partial charge on any atom is 0.119 e. The smallest absolute Gasteiger partial charge is 0.119 e. The Morgan fingerprint density at radius 2 is 1.53 bits per heavy atom. The number of benzene rings is 2. The van der Waals surface area contributed by atoms with Crippen LogP contribution in [-0.2, 0) is 0 Å². The second-order valence-electron chi connectivity index (χ2n) is 4.51. The Hall–Kier alpha value is -2.68. The highest BCUT2D eigenvalue weighted by atomic mass is 15.1. The van der Waals surface area contributed by atoms with Crippen molar-refractivity contribution in [3.05, 3.63) is 60.8 Å². The maximum absolute atomic E-state index is 4.36. The molecule has 1 N–H and O–H groups in total. The third-order valence-electron chi connectivity index (χ3n) is 3.37. The van der Waals surface area contributed by atoms with Crippen LogP contribution in [-0.4, -0.2) is 15.2 Å². The second kappa shape index (κ2) is 3.92. The Morgan fingerprint density at radius 1 is 0.737 bits per heavy atom. The summed E-state index contributed by atoms with van der Waals surface area (Å²) in [7, 11) is 0. The van der Waals surface area contributed by atoms with Crippen molar-refractivity contribution in [1.82, 2.24) is 15.2 Å². The van der Waals surface area contributed by atoms with Crippen LogP contribution in [0.4, 0.5) is 0 Å². The Bertz CT molecular complexity index is 863. The highest BCUT2D eigenvalue weighted by Gasteiger charge is 2.10. The van der Waals surface area contributed by atoms with Gasteiger partial charge in [-0.2, -0.15) is 0 Å². The van der Waals surface area contributed by atoms with Crippen molar-refractivity contribution in [2.45, 2.75) is 0 Å². The average molecular weight is 245 g/mol. The zero-order chi connectivity index (χ0) is 12.7. The molecule has 2 aromatic carbocycles. The zero-order valence-electron chi connectivity index (χ0n) is 10.2. The highest BCUT2D eigenvalue weighted by molar-refractivity contribution is 6.07. The molecule has 0 aliphatic carbocycles. The van der Waals surface area contributed by atoms with Crippen LogP contribution in [0.25, 0.3) is 33.1 Å². The largest absolute Gasteiger partial charge is 0.359 e. The first-order valence-corrected chi connectivity index (χ1v) is 6.21. The van der Waals surface area contributed by atoms with Gasteiger partial charge in [0.15, 0.2) is 0 Å². The fourth-order valence-corrected chi connectivity index (χ4v) is 2.44. The van der Waals surface area contributed by atoms with E-state index in [2.05, 4.69) is 33.4 Å². The number of nitrogens with one attached hydrogen (secondary N) is 1. The van der Waals surface area contributed by atoms with Gasteiger partial charge in [-0.25, -0.2) is 0 Å². The number of nitrogens with zero attached hydrogens (tertiary/aromatic N) is 2. The van der Waals surface area contributed by atoms with Crippen LogP contribution in [0.2, 0.25) is 0 Å². The minimum atomic E-state index is 0.921. The quantitative estimate of drug-likeness (QED) is 0.554. The van der Waals surface area contributed by atoms with Gasteiger partial charge in [0.05, 0.1) is 11.2 Å². The summed E-state index contributed by atoms with van der Waals surface area (Å²) in [6.45, 7) is 0. The van der Waals surface area contributed by atoms with E-state index in [9.17, 15) is 0 Å². The number of rotatable bonds is 1. The topological polar surface area (TPSA) is 41.6 Å². The normalized spacial score (nSPS) is 11.2. The number of hydrogen-bond acceptors (Lipinski definition) is 2. The van der Waals surface area contributed by atoms with Crippen molar-refractivity contribution in [2.24, 2.45) is 0 Å². The molecule has 19 heavy (non-hydrogen) atoms. The molecule has 0 unspecified atom stereocenters. The minimum Gasteiger partial charge on any atom is -0.359 e. The first kappa shape index (κ1) is 10.3. The average Bonchev–Trinajstić information content (AvgIpc) is 2.92. The molecule has 3 nitrogen and oxygen atoms in total. The van der Waals surface area contributed by atoms with E-state index in [-0.39, 0.29) is 0 Å². The van der Waals surface area contributed by atoms with Crippen molar-refractivity contribution in [3.63, 3.8) is 0 Å². The van der Waals surface area contributed by atoms with Gasteiger partial charge in [-0.15, -0.1) is 10.2 Å². The van der Waals surface area contributed by atoms with Crippen LogP contribution in [0.15, 0.2) is 60.8 Å². The van der Waals surface area contributed by atoms with Gasteiger partial charge in [-0.3, -0.25) is 0 Å². The van der Waals surface area contributed by atoms with Gasteiger partial charge < -0.3 is 4.98 Å². The van der Waals surface area contributed by atoms with Gasteiger partial charge >= 0.3 is 0 Å². The minimum absolute atomic E-state index is 0.921. The van der Waals surface area contributed by atoms with Crippen molar-refractivity contribution in [2.75, 3.05) is 0 Å². The van der Waals surface area contributed by atoms with E-state index in [0.717, 1.165) is 33.1 Å². The third kappa shape index (κ3) is 1.52. The molecule has 0 spiro atoms. The summed E-state index contributed by atoms with van der Waals surface area (Å²) in [4.78, 5) is 3.32. The molecular formula is C16H11N3. The summed E-state index contributed by atoms with van der Waals surface area (Å²) >= 11 is 0. The van der Waals surface area contributed by atoms with Crippen LogP contribution in [0, 0.1) is 0 Å². The summed E-state index contributed by atoms with van der Waals surface area (Å²) in [5.41, 5.74) is 3.99. The van der Waals surface area contributed by atoms with Gasteiger partial charge in [0, 0.05) is 22.5 Å². The molecule has 0 atom stereocenters. The van der Waals surface area contributed by atoms with Crippen molar-refractivity contribution in [3.8, 4) is 11.3 Å². The van der Waals surface area contributed by atoms with E-state index in [1.165, 1.54) is 0 Å². The van der Waals surface area contributed by atoms with Crippen LogP contribution in [0.5, 0.6) is 0 Å². The van der Waals surface area contributed by atoms with E-state index in [0.29, 0.717) is 0 Å². The lowest BCUT2D eigenvalue weighted by Gasteiger charge is -2.00. The molecule has 2 aromatic heterocycles. The van der Waals surface area contributed by atoms with E-state index in [4.69, 9.17) is 0 Å². The van der Waals surface area contributed by atoms with Crippen molar-refractivity contribution in [1.29, 1.82) is 0 Å². The predicted molar refractivity (Wildman–Crippen MR) is 76.8 cm³/mol. The lowest BCUT2D eigenvalue weighted by Crippen LogP contribution is -1.86. The molecule has 0 saturated heterocycles. The summed E-state index contributed by atoms with van der Waals surface area (Å²) < 4.78 is 0. The molecule has 0 amide bonds. The number of fused-ring (bicyclic) bond motifs is 3. The van der Waals surface area contributed by atoms with Gasteiger partial charge in [0.25, 0.3) is 0 Å². The van der Waals surface area contributed by atoms with Crippen LogP contribution in [0.3, 0.4) is 0 Å². The van der Waals surface area contributed by atoms with Gasteiger partial charge in [-0.1, -0.05) is 48.5 Å². The molecule has 0 aliphatic heterocycles. The first-order chi connectivity index (χ1) is 9.43. The maximum atomic E-state index is 4.36. The van der Waals surface area contributed by atoms with Crippen LogP contribution in [0.1, 0.15) is 0 Å². The Morgan fingerprint density at radius 3 is 2.42 bits per heavy atom. The van der Waals surface area contributed by atoms with Crippen LogP contribution >= 0.6 is 0 Å². The van der Waals surface area contributed by atoms with E-state index < -0.39 is 0 Å². The molecule has 0 radical (unpaired) electrons. The van der Waals surface area contributed by atoms with Gasteiger partial charge in [0.2, 0.25) is 0 Å². The fourth-order valence-electron chi connectivity index (χ4n) is 2.44. The third-order valence-corrected chi connectivity index (χ3v) is 3.37.